The second-order valence-electron chi connectivity index (χ2n) is 4.98. The number of hydrogen-bond acceptors (Lipinski definition) is 1. The molecule has 0 N–H and O–H groups in total. The van der Waals surface area contributed by atoms with Gasteiger partial charge >= 0.3 is 0 Å². The topological polar surface area (TPSA) is 3.24 Å². The predicted molar refractivity (Wildman–Crippen MR) is 78.6 cm³/mol. The van der Waals surface area contributed by atoms with E-state index in [4.69, 9.17) is 0 Å². The third-order valence-corrected chi connectivity index (χ3v) is 9.95. The van der Waals surface area contributed by atoms with E-state index in [0.717, 1.165) is 0 Å². The molecule has 0 aromatic rings. The molecule has 0 atom stereocenters. The van der Waals surface area contributed by atoms with Crippen LogP contribution in [-0.2, 0) is 0 Å². The largest absolute Gasteiger partial charge is 0.323 e. The third kappa shape index (κ3) is 4.58. The van der Waals surface area contributed by atoms with Crippen LogP contribution in [0.15, 0.2) is 0 Å². The van der Waals surface area contributed by atoms with Crippen molar-refractivity contribution in [2.24, 2.45) is 0 Å². The van der Waals surface area contributed by atoms with Gasteiger partial charge in [0.25, 0.3) is 0 Å². The Bertz CT molecular complexity index is 139. The van der Waals surface area contributed by atoms with Gasteiger partial charge in [0.2, 0.25) is 0 Å². The van der Waals surface area contributed by atoms with Gasteiger partial charge in [0.05, 0.1) is 0 Å². The van der Waals surface area contributed by atoms with Crippen LogP contribution in [0.1, 0.15) is 60.3 Å². The standard InChI is InChI=1S/C14H33NSi/c1-6-11-13-15(14-12-7-2)16(8-3,9-4)10-5/h6-14H2,1-5H3. The highest BCUT2D eigenvalue weighted by atomic mass is 28.3. The average Bonchev–Trinajstić information content (AvgIpc) is 2.34. The van der Waals surface area contributed by atoms with E-state index in [0.29, 0.717) is 0 Å². The molecule has 16 heavy (non-hydrogen) atoms. The first kappa shape index (κ1) is 16.2. The first-order chi connectivity index (χ1) is 7.70. The van der Waals surface area contributed by atoms with Crippen LogP contribution in [0.25, 0.3) is 0 Å². The molecule has 0 radical (unpaired) electrons. The molecular weight excluding hydrogens is 210 g/mol. The van der Waals surface area contributed by atoms with Crippen LogP contribution in [0, 0.1) is 0 Å². The van der Waals surface area contributed by atoms with E-state index in [2.05, 4.69) is 39.2 Å². The summed E-state index contributed by atoms with van der Waals surface area (Å²) in [6.45, 7) is 14.6. The zero-order valence-electron chi connectivity index (χ0n) is 12.3. The Kier molecular flexibility index (Phi) is 9.33. The minimum absolute atomic E-state index is 1.09. The highest BCUT2D eigenvalue weighted by molar-refractivity contribution is 6.77. The quantitative estimate of drug-likeness (QED) is 0.494. The van der Waals surface area contributed by atoms with Gasteiger partial charge in [-0.25, -0.2) is 0 Å². The monoisotopic (exact) mass is 243 g/mol. The maximum absolute atomic E-state index is 2.92. The van der Waals surface area contributed by atoms with Crippen molar-refractivity contribution in [3.63, 3.8) is 0 Å². The molecular formula is C14H33NSi. The van der Waals surface area contributed by atoms with Gasteiger partial charge in [0, 0.05) is 0 Å². The molecule has 0 aromatic heterocycles. The Labute approximate surface area is 105 Å². The highest BCUT2D eigenvalue weighted by Crippen LogP contribution is 2.25. The molecule has 0 aliphatic carbocycles. The van der Waals surface area contributed by atoms with Crippen LogP contribution in [0.4, 0.5) is 0 Å². The second kappa shape index (κ2) is 9.23. The Morgan fingerprint density at radius 3 is 1.31 bits per heavy atom. The van der Waals surface area contributed by atoms with E-state index in [-0.39, 0.29) is 0 Å². The van der Waals surface area contributed by atoms with E-state index in [1.807, 2.05) is 0 Å². The molecule has 1 nitrogen and oxygen atoms in total. The molecule has 0 aliphatic heterocycles. The molecule has 0 fully saturated rings. The fourth-order valence-corrected chi connectivity index (χ4v) is 6.81. The van der Waals surface area contributed by atoms with Crippen molar-refractivity contribution in [3.05, 3.63) is 0 Å². The van der Waals surface area contributed by atoms with E-state index >= 15 is 0 Å². The fraction of sp³-hybridized carbons (Fsp3) is 1.00. The summed E-state index contributed by atoms with van der Waals surface area (Å²) in [5.74, 6) is 0. The molecule has 0 spiro atoms. The van der Waals surface area contributed by atoms with Crippen LogP contribution >= 0.6 is 0 Å². The van der Waals surface area contributed by atoms with Crippen molar-refractivity contribution < 1.29 is 0 Å². The molecule has 0 saturated heterocycles. The number of hydrogen-bond donors (Lipinski definition) is 0. The summed E-state index contributed by atoms with van der Waals surface area (Å²) in [5, 5.41) is 0. The molecule has 0 saturated carbocycles. The lowest BCUT2D eigenvalue weighted by Crippen LogP contribution is -2.52. The molecule has 0 heterocycles. The summed E-state index contributed by atoms with van der Waals surface area (Å²) < 4.78 is 2.92. The Hall–Kier alpha value is 0.177. The SMILES string of the molecule is CCCCN(CCCC)[Si](CC)(CC)CC. The molecule has 0 aliphatic rings. The van der Waals surface area contributed by atoms with E-state index in [1.54, 1.807) is 0 Å². The molecule has 0 unspecified atom stereocenters. The highest BCUT2D eigenvalue weighted by Gasteiger charge is 2.33. The van der Waals surface area contributed by atoms with Crippen molar-refractivity contribution in [3.8, 4) is 0 Å². The van der Waals surface area contributed by atoms with Gasteiger partial charge in [0.1, 0.15) is 8.24 Å². The zero-order chi connectivity index (χ0) is 12.4. The van der Waals surface area contributed by atoms with Crippen molar-refractivity contribution >= 4 is 8.24 Å². The minimum Gasteiger partial charge on any atom is -0.323 e. The van der Waals surface area contributed by atoms with Gasteiger partial charge in [-0.15, -0.1) is 0 Å². The van der Waals surface area contributed by atoms with Crippen molar-refractivity contribution in [2.45, 2.75) is 78.4 Å². The molecule has 98 valence electrons. The third-order valence-electron chi connectivity index (χ3n) is 4.21. The summed E-state index contributed by atoms with van der Waals surface area (Å²) in [5.41, 5.74) is 0. The van der Waals surface area contributed by atoms with Gasteiger partial charge in [0.15, 0.2) is 0 Å². The predicted octanol–water partition coefficient (Wildman–Crippen LogP) is 4.89. The normalized spacial score (nSPS) is 12.4. The number of rotatable bonds is 10. The first-order valence-electron chi connectivity index (χ1n) is 7.45. The van der Waals surface area contributed by atoms with E-state index < -0.39 is 8.24 Å². The lowest BCUT2D eigenvalue weighted by molar-refractivity contribution is 0.392. The van der Waals surface area contributed by atoms with Gasteiger partial charge < -0.3 is 4.57 Å². The van der Waals surface area contributed by atoms with Crippen LogP contribution < -0.4 is 0 Å². The van der Waals surface area contributed by atoms with E-state index in [1.165, 1.54) is 56.9 Å². The summed E-state index contributed by atoms with van der Waals surface area (Å²) in [4.78, 5) is 0. The number of unbranched alkanes of at least 4 members (excludes halogenated alkanes) is 2. The molecule has 2 heteroatoms. The lowest BCUT2D eigenvalue weighted by atomic mass is 10.3. The Morgan fingerprint density at radius 2 is 1.06 bits per heavy atom. The van der Waals surface area contributed by atoms with Crippen LogP contribution in [0.3, 0.4) is 0 Å². The van der Waals surface area contributed by atoms with Gasteiger partial charge in [-0.1, -0.05) is 47.5 Å². The zero-order valence-corrected chi connectivity index (χ0v) is 13.3. The summed E-state index contributed by atoms with van der Waals surface area (Å²) in [6, 6.07) is 4.31. The van der Waals surface area contributed by atoms with Crippen LogP contribution in [0.2, 0.25) is 18.1 Å². The van der Waals surface area contributed by atoms with Crippen molar-refractivity contribution in [1.29, 1.82) is 0 Å². The summed E-state index contributed by atoms with van der Waals surface area (Å²) in [6.07, 6.45) is 5.45. The van der Waals surface area contributed by atoms with Crippen molar-refractivity contribution in [1.82, 2.24) is 4.57 Å². The molecule has 0 amide bonds. The lowest BCUT2D eigenvalue weighted by Gasteiger charge is -2.41. The first-order valence-corrected chi connectivity index (χ1v) is 10.0. The second-order valence-corrected chi connectivity index (χ2v) is 10.2. The molecule has 0 rings (SSSR count). The minimum atomic E-state index is -1.09. The molecule has 0 aromatic carbocycles. The van der Waals surface area contributed by atoms with Crippen LogP contribution in [0.5, 0.6) is 0 Å². The van der Waals surface area contributed by atoms with E-state index in [9.17, 15) is 0 Å². The van der Waals surface area contributed by atoms with Gasteiger partial charge in [-0.2, -0.15) is 0 Å². The summed E-state index contributed by atoms with van der Waals surface area (Å²) >= 11 is 0. The Balaban J connectivity index is 4.52. The summed E-state index contributed by atoms with van der Waals surface area (Å²) in [7, 11) is -1.09. The molecule has 0 bridgehead atoms. The fourth-order valence-electron chi connectivity index (χ4n) is 2.70. The smallest absolute Gasteiger partial charge is 0.127 e. The maximum Gasteiger partial charge on any atom is 0.127 e. The number of nitrogens with zero attached hydrogens (tertiary/aromatic N) is 1. The van der Waals surface area contributed by atoms with Crippen molar-refractivity contribution in [2.75, 3.05) is 13.1 Å². The van der Waals surface area contributed by atoms with Gasteiger partial charge in [-0.05, 0) is 44.1 Å². The maximum atomic E-state index is 2.92. The van der Waals surface area contributed by atoms with Crippen LogP contribution in [-0.4, -0.2) is 25.9 Å². The Morgan fingerprint density at radius 1 is 0.688 bits per heavy atom. The van der Waals surface area contributed by atoms with Gasteiger partial charge in [-0.3, -0.25) is 0 Å². The average molecular weight is 244 g/mol.